The van der Waals surface area contributed by atoms with Crippen LogP contribution in [-0.2, 0) is 10.0 Å². The summed E-state index contributed by atoms with van der Waals surface area (Å²) >= 11 is 3.34. The Hall–Kier alpha value is -1.53. The standard InChI is InChI=1S/C14H15BrN2O2S/c1-10-3-8-13(15)14(9-10)17-20(18,19)12-6-4-11(16-2)5-7-12/h3-9,16-17H,1-2H3. The molecule has 20 heavy (non-hydrogen) atoms. The van der Waals surface area contributed by atoms with E-state index in [2.05, 4.69) is 26.0 Å². The van der Waals surface area contributed by atoms with Crippen molar-refractivity contribution in [3.05, 3.63) is 52.5 Å². The molecule has 0 spiro atoms. The fraction of sp³-hybridized carbons (Fsp3) is 0.143. The molecule has 106 valence electrons. The molecule has 6 heteroatoms. The molecule has 2 aromatic carbocycles. The summed E-state index contributed by atoms with van der Waals surface area (Å²) in [5.41, 5.74) is 2.37. The van der Waals surface area contributed by atoms with E-state index in [0.29, 0.717) is 10.2 Å². The van der Waals surface area contributed by atoms with Gasteiger partial charge in [0.25, 0.3) is 10.0 Å². The second-order valence-corrected chi connectivity index (χ2v) is 6.90. The van der Waals surface area contributed by atoms with Gasteiger partial charge in [-0.05, 0) is 64.8 Å². The van der Waals surface area contributed by atoms with E-state index < -0.39 is 10.0 Å². The molecule has 0 saturated heterocycles. The van der Waals surface area contributed by atoms with Gasteiger partial charge in [-0.3, -0.25) is 4.72 Å². The minimum atomic E-state index is -3.59. The van der Waals surface area contributed by atoms with Crippen LogP contribution in [-0.4, -0.2) is 15.5 Å². The highest BCUT2D eigenvalue weighted by molar-refractivity contribution is 9.10. The highest BCUT2D eigenvalue weighted by Crippen LogP contribution is 2.26. The summed E-state index contributed by atoms with van der Waals surface area (Å²) in [5.74, 6) is 0. The Morgan fingerprint density at radius 2 is 1.70 bits per heavy atom. The zero-order chi connectivity index (χ0) is 14.8. The average molecular weight is 355 g/mol. The molecular formula is C14H15BrN2O2S. The van der Waals surface area contributed by atoms with Crippen molar-refractivity contribution >= 4 is 37.3 Å². The average Bonchev–Trinajstić information content (AvgIpc) is 2.43. The van der Waals surface area contributed by atoms with Crippen LogP contribution in [0.4, 0.5) is 11.4 Å². The molecule has 0 heterocycles. The Balaban J connectivity index is 2.32. The first kappa shape index (κ1) is 14.9. The maximum Gasteiger partial charge on any atom is 0.261 e. The van der Waals surface area contributed by atoms with Crippen LogP contribution in [0.1, 0.15) is 5.56 Å². The molecule has 0 unspecified atom stereocenters. The first-order valence-corrected chi connectivity index (χ1v) is 8.27. The van der Waals surface area contributed by atoms with Gasteiger partial charge in [0.2, 0.25) is 0 Å². The van der Waals surface area contributed by atoms with E-state index in [0.717, 1.165) is 11.3 Å². The van der Waals surface area contributed by atoms with Crippen LogP contribution in [0.2, 0.25) is 0 Å². The summed E-state index contributed by atoms with van der Waals surface area (Å²) in [7, 11) is -1.80. The van der Waals surface area contributed by atoms with E-state index in [1.54, 1.807) is 37.4 Å². The molecule has 2 aromatic rings. The molecule has 4 nitrogen and oxygen atoms in total. The lowest BCUT2D eigenvalue weighted by molar-refractivity contribution is 0.601. The highest BCUT2D eigenvalue weighted by Gasteiger charge is 2.15. The number of anilines is 2. The lowest BCUT2D eigenvalue weighted by Gasteiger charge is -2.11. The van der Waals surface area contributed by atoms with E-state index in [-0.39, 0.29) is 4.90 Å². The number of halogens is 1. The Bertz CT molecular complexity index is 712. The summed E-state index contributed by atoms with van der Waals surface area (Å²) in [6.07, 6.45) is 0. The summed E-state index contributed by atoms with van der Waals surface area (Å²) in [6, 6.07) is 12.1. The molecule has 2 rings (SSSR count). The molecule has 0 aliphatic heterocycles. The van der Waals surface area contributed by atoms with Crippen LogP contribution in [0.5, 0.6) is 0 Å². The first-order valence-electron chi connectivity index (χ1n) is 5.99. The van der Waals surface area contributed by atoms with Gasteiger partial charge in [-0.1, -0.05) is 6.07 Å². The number of nitrogens with one attached hydrogen (secondary N) is 2. The van der Waals surface area contributed by atoms with Gasteiger partial charge in [-0.15, -0.1) is 0 Å². The van der Waals surface area contributed by atoms with Gasteiger partial charge in [0, 0.05) is 17.2 Å². The molecule has 0 aromatic heterocycles. The number of sulfonamides is 1. The molecule has 0 aliphatic rings. The van der Waals surface area contributed by atoms with Crippen LogP contribution in [0.15, 0.2) is 51.8 Å². The van der Waals surface area contributed by atoms with E-state index in [1.165, 1.54) is 0 Å². The fourth-order valence-electron chi connectivity index (χ4n) is 1.72. The van der Waals surface area contributed by atoms with Crippen molar-refractivity contribution in [2.75, 3.05) is 17.1 Å². The smallest absolute Gasteiger partial charge is 0.261 e. The molecule has 2 N–H and O–H groups in total. The number of rotatable bonds is 4. The molecule has 0 radical (unpaired) electrons. The van der Waals surface area contributed by atoms with E-state index in [9.17, 15) is 8.42 Å². The second-order valence-electron chi connectivity index (χ2n) is 4.36. The van der Waals surface area contributed by atoms with Crippen molar-refractivity contribution < 1.29 is 8.42 Å². The Morgan fingerprint density at radius 3 is 2.30 bits per heavy atom. The number of aryl methyl sites for hydroxylation is 1. The van der Waals surface area contributed by atoms with Gasteiger partial charge in [0.15, 0.2) is 0 Å². The Morgan fingerprint density at radius 1 is 1.05 bits per heavy atom. The van der Waals surface area contributed by atoms with Crippen molar-refractivity contribution in [2.45, 2.75) is 11.8 Å². The third kappa shape index (κ3) is 3.32. The van der Waals surface area contributed by atoms with Crippen molar-refractivity contribution in [2.24, 2.45) is 0 Å². The maximum atomic E-state index is 12.3. The van der Waals surface area contributed by atoms with Crippen molar-refractivity contribution in [1.82, 2.24) is 0 Å². The zero-order valence-corrected chi connectivity index (χ0v) is 13.5. The molecule has 0 bridgehead atoms. The van der Waals surface area contributed by atoms with Gasteiger partial charge >= 0.3 is 0 Å². The van der Waals surface area contributed by atoms with Gasteiger partial charge in [0.05, 0.1) is 10.6 Å². The summed E-state index contributed by atoms with van der Waals surface area (Å²) in [6.45, 7) is 1.91. The fourth-order valence-corrected chi connectivity index (χ4v) is 3.27. The SMILES string of the molecule is CNc1ccc(S(=O)(=O)Nc2cc(C)ccc2Br)cc1. The number of hydrogen-bond donors (Lipinski definition) is 2. The maximum absolute atomic E-state index is 12.3. The summed E-state index contributed by atoms with van der Waals surface area (Å²) in [4.78, 5) is 0.227. The largest absolute Gasteiger partial charge is 0.388 e. The highest BCUT2D eigenvalue weighted by atomic mass is 79.9. The number of hydrogen-bond acceptors (Lipinski definition) is 3. The molecule has 0 fully saturated rings. The van der Waals surface area contributed by atoms with Crippen molar-refractivity contribution in [3.8, 4) is 0 Å². The topological polar surface area (TPSA) is 58.2 Å². The lowest BCUT2D eigenvalue weighted by Crippen LogP contribution is -2.13. The van der Waals surface area contributed by atoms with Crippen molar-refractivity contribution in [3.63, 3.8) is 0 Å². The van der Waals surface area contributed by atoms with Gasteiger partial charge in [-0.25, -0.2) is 8.42 Å². The van der Waals surface area contributed by atoms with Crippen LogP contribution in [0.3, 0.4) is 0 Å². The second kappa shape index (κ2) is 5.85. The van der Waals surface area contributed by atoms with Crippen LogP contribution >= 0.6 is 15.9 Å². The van der Waals surface area contributed by atoms with Gasteiger partial charge in [0.1, 0.15) is 0 Å². The lowest BCUT2D eigenvalue weighted by atomic mass is 10.2. The van der Waals surface area contributed by atoms with Crippen LogP contribution < -0.4 is 10.0 Å². The van der Waals surface area contributed by atoms with E-state index in [1.807, 2.05) is 19.1 Å². The van der Waals surface area contributed by atoms with E-state index >= 15 is 0 Å². The summed E-state index contributed by atoms with van der Waals surface area (Å²) in [5, 5.41) is 2.95. The normalized spacial score (nSPS) is 11.2. The van der Waals surface area contributed by atoms with Gasteiger partial charge in [-0.2, -0.15) is 0 Å². The Kier molecular flexibility index (Phi) is 4.35. The monoisotopic (exact) mass is 354 g/mol. The zero-order valence-electron chi connectivity index (χ0n) is 11.1. The third-order valence-corrected chi connectivity index (χ3v) is 4.89. The number of benzene rings is 2. The predicted molar refractivity (Wildman–Crippen MR) is 85.7 cm³/mol. The van der Waals surface area contributed by atoms with Crippen LogP contribution in [0.25, 0.3) is 0 Å². The Labute approximate surface area is 127 Å². The molecule has 0 amide bonds. The van der Waals surface area contributed by atoms with Gasteiger partial charge < -0.3 is 5.32 Å². The molecule has 0 atom stereocenters. The molecular weight excluding hydrogens is 340 g/mol. The third-order valence-electron chi connectivity index (χ3n) is 2.82. The van der Waals surface area contributed by atoms with Crippen LogP contribution in [0, 0.1) is 6.92 Å². The minimum Gasteiger partial charge on any atom is -0.388 e. The predicted octanol–water partition coefficient (Wildman–Crippen LogP) is 3.60. The van der Waals surface area contributed by atoms with Crippen molar-refractivity contribution in [1.29, 1.82) is 0 Å². The summed E-state index contributed by atoms with van der Waals surface area (Å²) < 4.78 is 27.9. The molecule has 0 saturated carbocycles. The quantitative estimate of drug-likeness (QED) is 0.881. The molecule has 0 aliphatic carbocycles. The minimum absolute atomic E-state index is 0.227. The first-order chi connectivity index (χ1) is 9.42. The van der Waals surface area contributed by atoms with E-state index in [4.69, 9.17) is 0 Å².